The summed E-state index contributed by atoms with van der Waals surface area (Å²) < 4.78 is 1.34. The topological polar surface area (TPSA) is 72.2 Å². The molecular weight excluding hydrogens is 336 g/mol. The van der Waals surface area contributed by atoms with Crippen LogP contribution in [0, 0.1) is 0 Å². The Morgan fingerprint density at radius 1 is 1.28 bits per heavy atom. The molecule has 0 amide bonds. The van der Waals surface area contributed by atoms with Gasteiger partial charge in [0.2, 0.25) is 0 Å². The Hall–Kier alpha value is -2.47. The van der Waals surface area contributed by atoms with Crippen molar-refractivity contribution in [3.63, 3.8) is 0 Å². The van der Waals surface area contributed by atoms with E-state index in [1.165, 1.54) is 29.8 Å². The quantitative estimate of drug-likeness (QED) is 0.752. The van der Waals surface area contributed by atoms with Crippen LogP contribution >= 0.6 is 11.3 Å². The lowest BCUT2D eigenvalue weighted by Crippen LogP contribution is -2.44. The summed E-state index contributed by atoms with van der Waals surface area (Å²) in [7, 11) is 0. The fourth-order valence-electron chi connectivity index (χ4n) is 2.83. The number of nitrogens with zero attached hydrogens (tertiary/aromatic N) is 2. The molecule has 3 rings (SSSR count). The second-order valence-corrected chi connectivity index (χ2v) is 7.51. The minimum Gasteiger partial charge on any atom is -0.480 e. The molecule has 5 nitrogen and oxygen atoms in total. The summed E-state index contributed by atoms with van der Waals surface area (Å²) in [6.45, 7) is 5.06. The van der Waals surface area contributed by atoms with Crippen molar-refractivity contribution in [2.24, 2.45) is 0 Å². The molecule has 0 saturated heterocycles. The molecule has 2 aromatic heterocycles. The van der Waals surface area contributed by atoms with Crippen molar-refractivity contribution in [1.29, 1.82) is 0 Å². The molecule has 0 bridgehead atoms. The first-order valence-corrected chi connectivity index (χ1v) is 9.02. The number of thiophene rings is 1. The van der Waals surface area contributed by atoms with E-state index in [9.17, 15) is 14.7 Å². The third-order valence-electron chi connectivity index (χ3n) is 4.25. The van der Waals surface area contributed by atoms with Crippen LogP contribution in [-0.4, -0.2) is 20.6 Å². The lowest BCUT2D eigenvalue weighted by molar-refractivity contribution is -0.146. The number of carboxylic acids is 1. The molecule has 3 aromatic rings. The van der Waals surface area contributed by atoms with Crippen molar-refractivity contribution in [3.05, 3.63) is 52.6 Å². The summed E-state index contributed by atoms with van der Waals surface area (Å²) in [6.07, 6.45) is 1.34. The molecule has 6 heteroatoms. The number of benzene rings is 1. The van der Waals surface area contributed by atoms with Crippen molar-refractivity contribution in [3.8, 4) is 10.4 Å². The van der Waals surface area contributed by atoms with Crippen molar-refractivity contribution < 1.29 is 9.90 Å². The van der Waals surface area contributed by atoms with Gasteiger partial charge in [0.05, 0.1) is 5.39 Å². The maximum absolute atomic E-state index is 13.1. The van der Waals surface area contributed by atoms with Crippen molar-refractivity contribution in [1.82, 2.24) is 9.55 Å². The van der Waals surface area contributed by atoms with E-state index >= 15 is 0 Å². The summed E-state index contributed by atoms with van der Waals surface area (Å²) in [6, 6.07) is 11.6. The monoisotopic (exact) mass is 356 g/mol. The highest BCUT2D eigenvalue weighted by atomic mass is 32.1. The van der Waals surface area contributed by atoms with Gasteiger partial charge < -0.3 is 5.11 Å². The lowest BCUT2D eigenvalue weighted by Gasteiger charge is -2.25. The van der Waals surface area contributed by atoms with E-state index in [0.717, 1.165) is 16.9 Å². The third-order valence-corrected chi connectivity index (χ3v) is 5.33. The van der Waals surface area contributed by atoms with Gasteiger partial charge in [0.25, 0.3) is 5.56 Å². The van der Waals surface area contributed by atoms with Crippen LogP contribution in [0.4, 0.5) is 0 Å². The van der Waals surface area contributed by atoms with Crippen LogP contribution in [0.1, 0.15) is 33.0 Å². The lowest BCUT2D eigenvalue weighted by atomic mass is 10.0. The first-order valence-electron chi connectivity index (χ1n) is 8.21. The highest BCUT2D eigenvalue weighted by Crippen LogP contribution is 2.32. The van der Waals surface area contributed by atoms with E-state index in [0.29, 0.717) is 22.5 Å². The van der Waals surface area contributed by atoms with Crippen LogP contribution in [0.5, 0.6) is 0 Å². The molecule has 130 valence electrons. The molecule has 0 unspecified atom stereocenters. The molecule has 0 aliphatic carbocycles. The maximum Gasteiger partial charge on any atom is 0.329 e. The maximum atomic E-state index is 13.1. The largest absolute Gasteiger partial charge is 0.480 e. The normalized spacial score (nSPS) is 11.8. The summed E-state index contributed by atoms with van der Waals surface area (Å²) in [5.41, 5.74) is -0.622. The van der Waals surface area contributed by atoms with Crippen molar-refractivity contribution in [2.75, 3.05) is 0 Å². The number of aliphatic carboxylic acids is 1. The third kappa shape index (κ3) is 2.98. The average Bonchev–Trinajstić information content (AvgIpc) is 3.00. The van der Waals surface area contributed by atoms with E-state index < -0.39 is 11.5 Å². The molecule has 0 spiro atoms. The number of rotatable bonds is 5. The second kappa shape index (κ2) is 6.44. The average molecular weight is 356 g/mol. The molecule has 25 heavy (non-hydrogen) atoms. The van der Waals surface area contributed by atoms with Crippen LogP contribution in [0.25, 0.3) is 20.7 Å². The predicted molar refractivity (Wildman–Crippen MR) is 100 cm³/mol. The Labute approximate surface area is 149 Å². The number of carboxylic acid groups (broad SMARTS) is 1. The molecule has 0 saturated carbocycles. The van der Waals surface area contributed by atoms with Gasteiger partial charge in [-0.05, 0) is 31.9 Å². The molecule has 1 aromatic carbocycles. The Morgan fingerprint density at radius 2 is 1.96 bits per heavy atom. The van der Waals surface area contributed by atoms with Gasteiger partial charge >= 0.3 is 5.97 Å². The number of fused-ring (bicyclic) bond motifs is 1. The van der Waals surface area contributed by atoms with Gasteiger partial charge in [0, 0.05) is 11.3 Å². The first kappa shape index (κ1) is 17.4. The van der Waals surface area contributed by atoms with E-state index in [2.05, 4.69) is 4.98 Å². The van der Waals surface area contributed by atoms with Crippen LogP contribution in [0.3, 0.4) is 0 Å². The predicted octanol–water partition coefficient (Wildman–Crippen LogP) is 3.90. The van der Waals surface area contributed by atoms with Gasteiger partial charge in [-0.1, -0.05) is 37.3 Å². The van der Waals surface area contributed by atoms with Crippen molar-refractivity contribution >= 4 is 27.5 Å². The standard InChI is InChI=1S/C19H20N2O3S/c1-4-8-15-20-16-13(17(22)21(15)19(2,3)18(23)24)11-14(25-16)12-9-6-5-7-10-12/h5-7,9-11H,4,8H2,1-3H3,(H,23,24). The molecular formula is C19H20N2O3S. The minimum atomic E-state index is -1.35. The number of aryl methyl sites for hydroxylation is 1. The second-order valence-electron chi connectivity index (χ2n) is 6.48. The van der Waals surface area contributed by atoms with Gasteiger partial charge in [-0.3, -0.25) is 9.36 Å². The first-order chi connectivity index (χ1) is 11.9. The fraction of sp³-hybridized carbons (Fsp3) is 0.316. The van der Waals surface area contributed by atoms with Crippen LogP contribution in [0.2, 0.25) is 0 Å². The van der Waals surface area contributed by atoms with Gasteiger partial charge in [0.1, 0.15) is 16.2 Å². The number of hydrogen-bond donors (Lipinski definition) is 1. The zero-order valence-electron chi connectivity index (χ0n) is 14.4. The zero-order valence-corrected chi connectivity index (χ0v) is 15.3. The van der Waals surface area contributed by atoms with E-state index in [4.69, 9.17) is 0 Å². The summed E-state index contributed by atoms with van der Waals surface area (Å²) in [5, 5.41) is 10.1. The molecule has 0 aliphatic rings. The van der Waals surface area contributed by atoms with Crippen molar-refractivity contribution in [2.45, 2.75) is 39.2 Å². The van der Waals surface area contributed by atoms with E-state index in [1.807, 2.05) is 43.3 Å². The Morgan fingerprint density at radius 3 is 2.56 bits per heavy atom. The van der Waals surface area contributed by atoms with Crippen LogP contribution in [-0.2, 0) is 16.8 Å². The fourth-order valence-corrected chi connectivity index (χ4v) is 3.88. The summed E-state index contributed by atoms with van der Waals surface area (Å²) in [4.78, 5) is 31.0. The molecule has 0 aliphatic heterocycles. The highest BCUT2D eigenvalue weighted by Gasteiger charge is 2.33. The Balaban J connectivity index is 2.30. The van der Waals surface area contributed by atoms with E-state index in [1.54, 1.807) is 0 Å². The summed E-state index contributed by atoms with van der Waals surface area (Å²) in [5.74, 6) is -0.527. The van der Waals surface area contributed by atoms with Crippen LogP contribution in [0.15, 0.2) is 41.2 Å². The zero-order chi connectivity index (χ0) is 18.2. The van der Waals surface area contributed by atoms with Crippen LogP contribution < -0.4 is 5.56 Å². The number of carbonyl (C=O) groups is 1. The molecule has 0 fully saturated rings. The Bertz CT molecular complexity index is 987. The number of aromatic nitrogens is 2. The van der Waals surface area contributed by atoms with E-state index in [-0.39, 0.29) is 5.56 Å². The molecule has 2 heterocycles. The van der Waals surface area contributed by atoms with Gasteiger partial charge in [-0.25, -0.2) is 9.78 Å². The molecule has 0 atom stereocenters. The minimum absolute atomic E-state index is 0.292. The smallest absolute Gasteiger partial charge is 0.329 e. The SMILES string of the molecule is CCCc1nc2sc(-c3ccccc3)cc2c(=O)n1C(C)(C)C(=O)O. The van der Waals surface area contributed by atoms with Gasteiger partial charge in [-0.2, -0.15) is 0 Å². The molecule has 1 N–H and O–H groups in total. The highest BCUT2D eigenvalue weighted by molar-refractivity contribution is 7.21. The van der Waals surface area contributed by atoms with Gasteiger partial charge in [0.15, 0.2) is 0 Å². The van der Waals surface area contributed by atoms with Gasteiger partial charge in [-0.15, -0.1) is 11.3 Å². The number of hydrogen-bond acceptors (Lipinski definition) is 4. The Kier molecular flexibility index (Phi) is 4.47. The summed E-state index contributed by atoms with van der Waals surface area (Å²) >= 11 is 1.46. The molecule has 0 radical (unpaired) electrons.